The number of hydrogen-bond donors (Lipinski definition) is 0. The van der Waals surface area contributed by atoms with Crippen LogP contribution in [0.4, 0.5) is 0 Å². The van der Waals surface area contributed by atoms with Crippen LogP contribution >= 0.6 is 22.7 Å². The Morgan fingerprint density at radius 3 is 2.83 bits per heavy atom. The second-order valence-electron chi connectivity index (χ2n) is 5.87. The fourth-order valence-electron chi connectivity index (χ4n) is 2.90. The van der Waals surface area contributed by atoms with Gasteiger partial charge in [-0.3, -0.25) is 4.90 Å². The van der Waals surface area contributed by atoms with Gasteiger partial charge in [0.15, 0.2) is 0 Å². The van der Waals surface area contributed by atoms with Gasteiger partial charge in [-0.05, 0) is 35.7 Å². The Hall–Kier alpha value is -1.54. The summed E-state index contributed by atoms with van der Waals surface area (Å²) < 4.78 is 11.3. The zero-order valence-corrected chi connectivity index (χ0v) is 14.9. The number of aromatic nitrogens is 2. The van der Waals surface area contributed by atoms with Crippen molar-refractivity contribution in [2.75, 3.05) is 13.2 Å². The fourth-order valence-corrected chi connectivity index (χ4v) is 4.30. The van der Waals surface area contributed by atoms with Crippen molar-refractivity contribution in [2.24, 2.45) is 0 Å². The summed E-state index contributed by atoms with van der Waals surface area (Å²) in [5.74, 6) is 1.33. The molecule has 0 unspecified atom stereocenters. The summed E-state index contributed by atoms with van der Waals surface area (Å²) in [7, 11) is 0. The molecule has 1 aliphatic heterocycles. The van der Waals surface area contributed by atoms with Gasteiger partial charge in [0.2, 0.25) is 11.7 Å². The summed E-state index contributed by atoms with van der Waals surface area (Å²) in [6, 6.07) is 8.26. The molecule has 3 aromatic rings. The van der Waals surface area contributed by atoms with Gasteiger partial charge in [0.1, 0.15) is 0 Å². The van der Waals surface area contributed by atoms with Gasteiger partial charge in [0, 0.05) is 24.6 Å². The summed E-state index contributed by atoms with van der Waals surface area (Å²) in [5, 5.41) is 8.24. The molecule has 4 heterocycles. The van der Waals surface area contributed by atoms with Gasteiger partial charge in [-0.15, -0.1) is 22.7 Å². The van der Waals surface area contributed by atoms with Gasteiger partial charge >= 0.3 is 0 Å². The van der Waals surface area contributed by atoms with Crippen molar-refractivity contribution >= 4 is 22.7 Å². The Balaban J connectivity index is 1.46. The van der Waals surface area contributed by atoms with E-state index < -0.39 is 0 Å². The van der Waals surface area contributed by atoms with Crippen LogP contribution in [0.2, 0.25) is 0 Å². The minimum atomic E-state index is 0.310. The maximum absolute atomic E-state index is 5.80. The molecule has 0 bridgehead atoms. The molecule has 1 aliphatic rings. The van der Waals surface area contributed by atoms with E-state index in [4.69, 9.17) is 9.26 Å². The number of hydrogen-bond acceptors (Lipinski definition) is 7. The lowest BCUT2D eigenvalue weighted by molar-refractivity contribution is 0.0644. The topological polar surface area (TPSA) is 51.4 Å². The zero-order valence-electron chi connectivity index (χ0n) is 13.3. The van der Waals surface area contributed by atoms with E-state index in [0.717, 1.165) is 37.4 Å². The molecule has 0 aliphatic carbocycles. The second kappa shape index (κ2) is 7.57. The largest absolute Gasteiger partial charge is 0.377 e. The molecular formula is C17H19N3O2S2. The molecule has 4 rings (SSSR count). The van der Waals surface area contributed by atoms with Crippen LogP contribution in [0.1, 0.15) is 23.6 Å². The summed E-state index contributed by atoms with van der Waals surface area (Å²) in [6.45, 7) is 3.31. The van der Waals surface area contributed by atoms with Crippen molar-refractivity contribution < 1.29 is 9.26 Å². The SMILES string of the molecule is c1csc(CN(Cc2nc(-c3cccs3)no2)C[C@H]2CCCO2)c1. The van der Waals surface area contributed by atoms with E-state index in [-0.39, 0.29) is 0 Å². The molecule has 0 N–H and O–H groups in total. The van der Waals surface area contributed by atoms with E-state index in [2.05, 4.69) is 32.6 Å². The fraction of sp³-hybridized carbons (Fsp3) is 0.412. The van der Waals surface area contributed by atoms with E-state index >= 15 is 0 Å². The molecule has 1 fully saturated rings. The van der Waals surface area contributed by atoms with Crippen molar-refractivity contribution in [1.82, 2.24) is 15.0 Å². The lowest BCUT2D eigenvalue weighted by atomic mass is 10.2. The van der Waals surface area contributed by atoms with Crippen molar-refractivity contribution in [3.8, 4) is 10.7 Å². The van der Waals surface area contributed by atoms with Gasteiger partial charge < -0.3 is 9.26 Å². The summed E-state index contributed by atoms with van der Waals surface area (Å²) in [6.07, 6.45) is 2.59. The standard InChI is InChI=1S/C17H19N3O2S2/c1-4-13(21-7-1)10-20(11-14-5-2-8-23-14)12-16-18-17(19-22-16)15-6-3-9-24-15/h2-3,5-6,8-9,13H,1,4,7,10-12H2/t13-/m1/s1. The molecule has 24 heavy (non-hydrogen) atoms. The van der Waals surface area contributed by atoms with E-state index in [1.165, 1.54) is 4.88 Å². The third-order valence-electron chi connectivity index (χ3n) is 4.01. The molecule has 5 nitrogen and oxygen atoms in total. The second-order valence-corrected chi connectivity index (χ2v) is 7.85. The number of rotatable bonds is 7. The average Bonchev–Trinajstić information content (AvgIpc) is 3.37. The first kappa shape index (κ1) is 16.0. The lowest BCUT2D eigenvalue weighted by Crippen LogP contribution is -2.31. The Bertz CT molecular complexity index is 734. The highest BCUT2D eigenvalue weighted by molar-refractivity contribution is 7.13. The zero-order chi connectivity index (χ0) is 16.2. The van der Waals surface area contributed by atoms with Crippen LogP contribution in [0, 0.1) is 0 Å². The molecule has 3 aromatic heterocycles. The average molecular weight is 361 g/mol. The molecule has 0 amide bonds. The van der Waals surface area contributed by atoms with Crippen LogP contribution in [-0.2, 0) is 17.8 Å². The third-order valence-corrected chi connectivity index (χ3v) is 5.74. The Morgan fingerprint density at radius 2 is 2.08 bits per heavy atom. The maximum atomic E-state index is 5.80. The van der Waals surface area contributed by atoms with Crippen LogP contribution in [0.3, 0.4) is 0 Å². The Kier molecular flexibility index (Phi) is 5.03. The first-order chi connectivity index (χ1) is 11.9. The Morgan fingerprint density at radius 1 is 1.17 bits per heavy atom. The van der Waals surface area contributed by atoms with Crippen molar-refractivity contribution in [3.63, 3.8) is 0 Å². The monoisotopic (exact) mass is 361 g/mol. The first-order valence-electron chi connectivity index (χ1n) is 8.09. The van der Waals surface area contributed by atoms with E-state index in [0.29, 0.717) is 24.4 Å². The highest BCUT2D eigenvalue weighted by atomic mass is 32.1. The van der Waals surface area contributed by atoms with Gasteiger partial charge in [-0.2, -0.15) is 4.98 Å². The molecule has 1 atom stereocenters. The van der Waals surface area contributed by atoms with E-state index in [9.17, 15) is 0 Å². The first-order valence-corrected chi connectivity index (χ1v) is 9.85. The predicted molar refractivity (Wildman–Crippen MR) is 95.0 cm³/mol. The molecule has 1 saturated heterocycles. The van der Waals surface area contributed by atoms with Gasteiger partial charge in [-0.1, -0.05) is 17.3 Å². The molecule has 0 radical (unpaired) electrons. The van der Waals surface area contributed by atoms with Crippen molar-refractivity contribution in [3.05, 3.63) is 45.8 Å². The highest BCUT2D eigenvalue weighted by Crippen LogP contribution is 2.23. The van der Waals surface area contributed by atoms with E-state index in [1.807, 2.05) is 17.5 Å². The van der Waals surface area contributed by atoms with Gasteiger partial charge in [0.05, 0.1) is 17.5 Å². The number of ether oxygens (including phenoxy) is 1. The molecule has 0 spiro atoms. The third kappa shape index (κ3) is 3.92. The molecule has 0 saturated carbocycles. The van der Waals surface area contributed by atoms with Gasteiger partial charge in [-0.25, -0.2) is 0 Å². The van der Waals surface area contributed by atoms with Crippen LogP contribution in [0.25, 0.3) is 10.7 Å². The van der Waals surface area contributed by atoms with Crippen LogP contribution in [-0.4, -0.2) is 34.3 Å². The molecule has 7 heteroatoms. The predicted octanol–water partition coefficient (Wildman–Crippen LogP) is 4.04. The quantitative estimate of drug-likeness (QED) is 0.636. The number of nitrogens with zero attached hydrogens (tertiary/aromatic N) is 3. The maximum Gasteiger partial charge on any atom is 0.241 e. The molecule has 126 valence electrons. The van der Waals surface area contributed by atoms with Crippen LogP contribution in [0.5, 0.6) is 0 Å². The van der Waals surface area contributed by atoms with Crippen molar-refractivity contribution in [1.29, 1.82) is 0 Å². The minimum Gasteiger partial charge on any atom is -0.377 e. The molecule has 0 aromatic carbocycles. The summed E-state index contributed by atoms with van der Waals surface area (Å²) >= 11 is 3.40. The molecular weight excluding hydrogens is 342 g/mol. The smallest absolute Gasteiger partial charge is 0.241 e. The summed E-state index contributed by atoms with van der Waals surface area (Å²) in [5.41, 5.74) is 0. The summed E-state index contributed by atoms with van der Waals surface area (Å²) in [4.78, 5) is 9.27. The number of thiophene rings is 2. The van der Waals surface area contributed by atoms with E-state index in [1.54, 1.807) is 22.7 Å². The normalized spacial score (nSPS) is 17.8. The van der Waals surface area contributed by atoms with Gasteiger partial charge in [0.25, 0.3) is 0 Å². The minimum absolute atomic E-state index is 0.310. The highest BCUT2D eigenvalue weighted by Gasteiger charge is 2.21. The lowest BCUT2D eigenvalue weighted by Gasteiger charge is -2.23. The Labute approximate surface area is 148 Å². The van der Waals surface area contributed by atoms with Crippen LogP contribution in [0.15, 0.2) is 39.5 Å². The van der Waals surface area contributed by atoms with Crippen molar-refractivity contribution in [2.45, 2.75) is 32.0 Å². The van der Waals surface area contributed by atoms with Crippen LogP contribution < -0.4 is 0 Å².